The lowest BCUT2D eigenvalue weighted by atomic mass is 9.51. The Hall–Kier alpha value is -1.36. The van der Waals surface area contributed by atoms with Crippen LogP contribution in [0.1, 0.15) is 43.4 Å². The Bertz CT molecular complexity index is 500. The maximum atomic E-state index is 8.99. The number of nitrogens with zero attached hydrogens (tertiary/aromatic N) is 2. The van der Waals surface area contributed by atoms with Crippen LogP contribution in [0.15, 0.2) is 18.3 Å². The molecule has 0 amide bonds. The van der Waals surface area contributed by atoms with Crippen LogP contribution in [0, 0.1) is 40.9 Å². The van der Waals surface area contributed by atoms with Crippen LogP contribution >= 0.6 is 0 Å². The van der Waals surface area contributed by atoms with Gasteiger partial charge in [-0.05, 0) is 80.2 Å². The van der Waals surface area contributed by atoms with E-state index in [-0.39, 0.29) is 0 Å². The molecule has 4 aliphatic carbocycles. The molecule has 0 unspecified atom stereocenters. The van der Waals surface area contributed by atoms with Crippen molar-refractivity contribution < 1.29 is 0 Å². The van der Waals surface area contributed by atoms with Crippen LogP contribution in [0.4, 0.5) is 0 Å². The average Bonchev–Trinajstić information content (AvgIpc) is 2.42. The van der Waals surface area contributed by atoms with E-state index >= 15 is 0 Å². The highest BCUT2D eigenvalue weighted by molar-refractivity contribution is 5.29. The van der Waals surface area contributed by atoms with Crippen molar-refractivity contribution in [2.75, 3.05) is 0 Å². The number of pyridine rings is 1. The van der Waals surface area contributed by atoms with Crippen molar-refractivity contribution in [1.29, 1.82) is 5.26 Å². The monoisotopic (exact) mass is 252 g/mol. The zero-order valence-corrected chi connectivity index (χ0v) is 11.3. The molecule has 4 saturated carbocycles. The molecule has 4 bridgehead atoms. The Morgan fingerprint density at radius 1 is 1.11 bits per heavy atom. The smallest absolute Gasteiger partial charge is 0.0992 e. The minimum Gasteiger partial charge on any atom is -0.261 e. The zero-order valence-electron chi connectivity index (χ0n) is 11.3. The van der Waals surface area contributed by atoms with Crippen molar-refractivity contribution in [2.24, 2.45) is 29.6 Å². The van der Waals surface area contributed by atoms with Gasteiger partial charge >= 0.3 is 0 Å². The second-order valence-corrected chi connectivity index (χ2v) is 6.95. The van der Waals surface area contributed by atoms with Crippen molar-refractivity contribution in [3.05, 3.63) is 29.6 Å². The van der Waals surface area contributed by atoms with Crippen LogP contribution in [0.5, 0.6) is 0 Å². The van der Waals surface area contributed by atoms with Gasteiger partial charge in [0.25, 0.3) is 0 Å². The molecule has 4 fully saturated rings. The van der Waals surface area contributed by atoms with E-state index in [1.807, 2.05) is 6.07 Å². The summed E-state index contributed by atoms with van der Waals surface area (Å²) in [5.74, 6) is 4.82. The number of nitriles is 1. The maximum absolute atomic E-state index is 8.99. The van der Waals surface area contributed by atoms with Gasteiger partial charge in [0, 0.05) is 11.9 Å². The second kappa shape index (κ2) is 4.34. The van der Waals surface area contributed by atoms with Gasteiger partial charge in [-0.2, -0.15) is 5.26 Å². The Balaban J connectivity index is 1.55. The molecule has 5 rings (SSSR count). The fourth-order valence-corrected chi connectivity index (χ4v) is 5.27. The highest BCUT2D eigenvalue weighted by Crippen LogP contribution is 2.57. The molecular formula is C17H20N2. The van der Waals surface area contributed by atoms with Gasteiger partial charge in [0.1, 0.15) is 0 Å². The van der Waals surface area contributed by atoms with Gasteiger partial charge in [0.05, 0.1) is 11.6 Å². The fraction of sp³-hybridized carbons (Fsp3) is 0.647. The summed E-state index contributed by atoms with van der Waals surface area (Å²) in [4.78, 5) is 4.49. The van der Waals surface area contributed by atoms with Gasteiger partial charge in [-0.25, -0.2) is 0 Å². The van der Waals surface area contributed by atoms with E-state index in [1.54, 1.807) is 12.3 Å². The van der Waals surface area contributed by atoms with Crippen LogP contribution in [0.3, 0.4) is 0 Å². The predicted molar refractivity (Wildman–Crippen MR) is 73.2 cm³/mol. The zero-order chi connectivity index (χ0) is 12.8. The van der Waals surface area contributed by atoms with E-state index in [4.69, 9.17) is 5.26 Å². The number of hydrogen-bond acceptors (Lipinski definition) is 2. The molecule has 2 nitrogen and oxygen atoms in total. The first-order valence-electron chi connectivity index (χ1n) is 7.67. The second-order valence-electron chi connectivity index (χ2n) is 6.95. The molecule has 1 heterocycles. The summed E-state index contributed by atoms with van der Waals surface area (Å²) in [6.45, 7) is 0. The van der Waals surface area contributed by atoms with Crippen molar-refractivity contribution >= 4 is 0 Å². The first-order chi connectivity index (χ1) is 9.31. The summed E-state index contributed by atoms with van der Waals surface area (Å²) in [5.41, 5.74) is 1.89. The highest BCUT2D eigenvalue weighted by Gasteiger charge is 2.47. The van der Waals surface area contributed by atoms with E-state index in [1.165, 1.54) is 32.1 Å². The lowest BCUT2D eigenvalue weighted by Gasteiger charge is -2.54. The Morgan fingerprint density at radius 2 is 1.79 bits per heavy atom. The first kappa shape index (κ1) is 11.5. The van der Waals surface area contributed by atoms with E-state index < -0.39 is 0 Å². The maximum Gasteiger partial charge on any atom is 0.0992 e. The lowest BCUT2D eigenvalue weighted by Crippen LogP contribution is -2.45. The normalized spacial score (nSPS) is 39.2. The summed E-state index contributed by atoms with van der Waals surface area (Å²) < 4.78 is 0. The van der Waals surface area contributed by atoms with Crippen molar-refractivity contribution in [2.45, 2.75) is 38.5 Å². The van der Waals surface area contributed by atoms with Crippen LogP contribution in [0.25, 0.3) is 0 Å². The molecule has 0 spiro atoms. The third-order valence-electron chi connectivity index (χ3n) is 5.81. The molecule has 0 atom stereocenters. The molecule has 0 radical (unpaired) electrons. The molecule has 1 aromatic rings. The molecule has 0 aromatic carbocycles. The van der Waals surface area contributed by atoms with Crippen LogP contribution in [-0.2, 0) is 6.42 Å². The summed E-state index contributed by atoms with van der Waals surface area (Å²) in [5, 5.41) is 8.99. The Kier molecular flexibility index (Phi) is 2.62. The minimum absolute atomic E-state index is 0.758. The highest BCUT2D eigenvalue weighted by atomic mass is 14.7. The van der Waals surface area contributed by atoms with Gasteiger partial charge in [0.2, 0.25) is 0 Å². The summed E-state index contributed by atoms with van der Waals surface area (Å²) in [7, 11) is 0. The topological polar surface area (TPSA) is 36.7 Å². The van der Waals surface area contributed by atoms with E-state index in [2.05, 4.69) is 11.1 Å². The van der Waals surface area contributed by atoms with Crippen LogP contribution < -0.4 is 0 Å². The predicted octanol–water partition coefficient (Wildman–Crippen LogP) is 3.57. The molecular weight excluding hydrogens is 232 g/mol. The van der Waals surface area contributed by atoms with Gasteiger partial charge in [-0.15, -0.1) is 0 Å². The molecule has 2 heteroatoms. The summed E-state index contributed by atoms with van der Waals surface area (Å²) in [6.07, 6.45) is 10.3. The summed E-state index contributed by atoms with van der Waals surface area (Å²) >= 11 is 0. The van der Waals surface area contributed by atoms with Crippen LogP contribution in [0.2, 0.25) is 0 Å². The number of aromatic nitrogens is 1. The standard InChI is InChI=1S/C17H20N2/c18-10-11-1-2-19-16(8-11)9-17-14-4-12-3-13(6-14)7-15(17)5-12/h1-2,8,12-15,17H,3-7,9H2. The third kappa shape index (κ3) is 1.96. The number of rotatable bonds is 2. The third-order valence-corrected chi connectivity index (χ3v) is 5.81. The van der Waals surface area contributed by atoms with Gasteiger partial charge in [0.15, 0.2) is 0 Å². The average molecular weight is 252 g/mol. The largest absolute Gasteiger partial charge is 0.261 e. The molecule has 0 saturated heterocycles. The lowest BCUT2D eigenvalue weighted by molar-refractivity contribution is -0.0363. The molecule has 98 valence electrons. The van der Waals surface area contributed by atoms with Crippen LogP contribution in [-0.4, -0.2) is 4.98 Å². The van der Waals surface area contributed by atoms with Gasteiger partial charge < -0.3 is 0 Å². The van der Waals surface area contributed by atoms with Crippen molar-refractivity contribution in [1.82, 2.24) is 4.98 Å². The fourth-order valence-electron chi connectivity index (χ4n) is 5.27. The molecule has 19 heavy (non-hydrogen) atoms. The quantitative estimate of drug-likeness (QED) is 0.806. The van der Waals surface area contributed by atoms with E-state index in [0.717, 1.165) is 47.3 Å². The SMILES string of the molecule is N#Cc1ccnc(CC2C3CC4CC(C3)CC2C4)c1. The molecule has 0 N–H and O–H groups in total. The van der Waals surface area contributed by atoms with Gasteiger partial charge in [-0.3, -0.25) is 4.98 Å². The first-order valence-corrected chi connectivity index (χ1v) is 7.67. The Morgan fingerprint density at radius 3 is 2.42 bits per heavy atom. The molecule has 0 aliphatic heterocycles. The van der Waals surface area contributed by atoms with Gasteiger partial charge in [-0.1, -0.05) is 0 Å². The van der Waals surface area contributed by atoms with E-state index in [9.17, 15) is 0 Å². The summed E-state index contributed by atoms with van der Waals surface area (Å²) in [6, 6.07) is 6.03. The Labute approximate surface area is 114 Å². The minimum atomic E-state index is 0.758. The van der Waals surface area contributed by atoms with Crippen molar-refractivity contribution in [3.63, 3.8) is 0 Å². The molecule has 4 aliphatic rings. The van der Waals surface area contributed by atoms with E-state index in [0.29, 0.717) is 0 Å². The van der Waals surface area contributed by atoms with Crippen molar-refractivity contribution in [3.8, 4) is 6.07 Å². The molecule has 1 aromatic heterocycles. The number of hydrogen-bond donors (Lipinski definition) is 0.